The zero-order valence-electron chi connectivity index (χ0n) is 11.7. The van der Waals surface area contributed by atoms with Gasteiger partial charge in [-0.05, 0) is 12.1 Å². The summed E-state index contributed by atoms with van der Waals surface area (Å²) < 4.78 is 2.38. The maximum Gasteiger partial charge on any atom is 0.285 e. The van der Waals surface area contributed by atoms with Crippen molar-refractivity contribution >= 4 is 27.5 Å². The number of hydrogen-bond acceptors (Lipinski definition) is 2. The Labute approximate surface area is 134 Å². The summed E-state index contributed by atoms with van der Waals surface area (Å²) in [6.07, 6.45) is 0. The SMILES string of the molecule is OCCN1CC[n+]2c1c1ccccc1c1ccccc12.[Br-]. The smallest absolute Gasteiger partial charge is 0.285 e. The number of aliphatic hydroxyl groups is 1. The van der Waals surface area contributed by atoms with Crippen LogP contribution in [0.3, 0.4) is 0 Å². The Balaban J connectivity index is 0.00000132. The molecule has 0 atom stereocenters. The van der Waals surface area contributed by atoms with Crippen LogP contribution in [0.25, 0.3) is 21.7 Å². The van der Waals surface area contributed by atoms with E-state index in [4.69, 9.17) is 0 Å². The van der Waals surface area contributed by atoms with Crippen molar-refractivity contribution in [3.8, 4) is 0 Å². The van der Waals surface area contributed by atoms with Crippen LogP contribution in [-0.2, 0) is 6.54 Å². The Bertz CT molecular complexity index is 803. The van der Waals surface area contributed by atoms with Gasteiger partial charge in [-0.15, -0.1) is 0 Å². The summed E-state index contributed by atoms with van der Waals surface area (Å²) in [7, 11) is 0. The van der Waals surface area contributed by atoms with Crippen LogP contribution in [0.4, 0.5) is 5.82 Å². The normalized spacial score (nSPS) is 13.5. The molecule has 0 amide bonds. The van der Waals surface area contributed by atoms with Gasteiger partial charge in [0.15, 0.2) is 0 Å². The highest BCUT2D eigenvalue weighted by Crippen LogP contribution is 2.31. The first-order chi connectivity index (χ1) is 9.90. The lowest BCUT2D eigenvalue weighted by atomic mass is 10.1. The molecule has 3 nitrogen and oxygen atoms in total. The first-order valence-corrected chi connectivity index (χ1v) is 7.09. The van der Waals surface area contributed by atoms with Gasteiger partial charge in [-0.25, -0.2) is 4.57 Å². The maximum atomic E-state index is 9.29. The standard InChI is InChI=1S/C17H17N2O.BrH/c20-12-11-18-9-10-19-16-8-4-3-6-14(16)13-5-1-2-7-15(13)17(18)19;/h1-8,20H,9-12H2;1H/q+1;/p-1. The molecule has 0 saturated carbocycles. The van der Waals surface area contributed by atoms with Crippen LogP contribution in [0.15, 0.2) is 48.5 Å². The van der Waals surface area contributed by atoms with Crippen molar-refractivity contribution in [3.05, 3.63) is 48.5 Å². The maximum absolute atomic E-state index is 9.29. The third-order valence-corrected chi connectivity index (χ3v) is 4.17. The molecular weight excluding hydrogens is 328 g/mol. The minimum Gasteiger partial charge on any atom is -1.00 e. The highest BCUT2D eigenvalue weighted by molar-refractivity contribution is 6.08. The molecule has 0 spiro atoms. The van der Waals surface area contributed by atoms with Crippen LogP contribution in [0.5, 0.6) is 0 Å². The highest BCUT2D eigenvalue weighted by atomic mass is 79.9. The molecule has 0 saturated heterocycles. The number of hydrogen-bond donors (Lipinski definition) is 1. The number of nitrogens with zero attached hydrogens (tertiary/aromatic N) is 2. The van der Waals surface area contributed by atoms with Crippen LogP contribution in [0, 0.1) is 0 Å². The van der Waals surface area contributed by atoms with Gasteiger partial charge in [0.05, 0.1) is 12.0 Å². The fourth-order valence-corrected chi connectivity index (χ4v) is 3.34. The van der Waals surface area contributed by atoms with E-state index in [1.165, 1.54) is 27.5 Å². The lowest BCUT2D eigenvalue weighted by molar-refractivity contribution is -0.643. The lowest BCUT2D eigenvalue weighted by Gasteiger charge is -2.12. The molecule has 0 unspecified atom stereocenters. The Hall–Kier alpha value is -1.65. The van der Waals surface area contributed by atoms with E-state index < -0.39 is 0 Å². The number of β-amino-alcohol motifs (C(OH)–C–C–N with tert-alkyl or cyclic N) is 1. The third-order valence-electron chi connectivity index (χ3n) is 4.17. The van der Waals surface area contributed by atoms with E-state index in [0.717, 1.165) is 13.1 Å². The third kappa shape index (κ3) is 2.10. The van der Waals surface area contributed by atoms with Crippen molar-refractivity contribution in [1.29, 1.82) is 0 Å². The van der Waals surface area contributed by atoms with Crippen molar-refractivity contribution in [3.63, 3.8) is 0 Å². The number of anilines is 1. The van der Waals surface area contributed by atoms with Crippen molar-refractivity contribution in [2.45, 2.75) is 6.54 Å². The molecule has 4 rings (SSSR count). The number of para-hydroxylation sites is 1. The molecule has 2 heterocycles. The van der Waals surface area contributed by atoms with E-state index >= 15 is 0 Å². The van der Waals surface area contributed by atoms with Gasteiger partial charge in [-0.3, -0.25) is 4.90 Å². The Morgan fingerprint density at radius 2 is 1.62 bits per heavy atom. The minimum atomic E-state index is 0. The quantitative estimate of drug-likeness (QED) is 0.481. The Morgan fingerprint density at radius 1 is 0.952 bits per heavy atom. The number of halogens is 1. The molecule has 0 radical (unpaired) electrons. The number of benzene rings is 2. The van der Waals surface area contributed by atoms with Crippen molar-refractivity contribution in [1.82, 2.24) is 0 Å². The summed E-state index contributed by atoms with van der Waals surface area (Å²) in [5.74, 6) is 1.24. The Morgan fingerprint density at radius 3 is 2.38 bits per heavy atom. The Kier molecular flexibility index (Phi) is 3.83. The van der Waals surface area contributed by atoms with Crippen LogP contribution >= 0.6 is 0 Å². The van der Waals surface area contributed by atoms with Gasteiger partial charge in [0.25, 0.3) is 5.82 Å². The summed E-state index contributed by atoms with van der Waals surface area (Å²) in [6, 6.07) is 17.1. The van der Waals surface area contributed by atoms with Crippen LogP contribution in [0.1, 0.15) is 0 Å². The fraction of sp³-hybridized carbons (Fsp3) is 0.235. The van der Waals surface area contributed by atoms with Crippen molar-refractivity contribution < 1.29 is 26.7 Å². The van der Waals surface area contributed by atoms with E-state index in [-0.39, 0.29) is 23.6 Å². The number of aromatic nitrogens is 1. The van der Waals surface area contributed by atoms with E-state index in [9.17, 15) is 5.11 Å². The second kappa shape index (κ2) is 5.62. The van der Waals surface area contributed by atoms with E-state index in [0.29, 0.717) is 6.54 Å². The predicted molar refractivity (Wildman–Crippen MR) is 80.9 cm³/mol. The number of rotatable bonds is 2. The molecule has 1 aliphatic rings. The topological polar surface area (TPSA) is 27.3 Å². The molecule has 1 N–H and O–H groups in total. The van der Waals surface area contributed by atoms with E-state index in [1.807, 2.05) is 0 Å². The first-order valence-electron chi connectivity index (χ1n) is 7.09. The fourth-order valence-electron chi connectivity index (χ4n) is 3.34. The summed E-state index contributed by atoms with van der Waals surface area (Å²) in [6.45, 7) is 2.85. The molecule has 3 aromatic rings. The highest BCUT2D eigenvalue weighted by Gasteiger charge is 2.31. The van der Waals surface area contributed by atoms with Gasteiger partial charge in [0.2, 0.25) is 0 Å². The van der Waals surface area contributed by atoms with Gasteiger partial charge < -0.3 is 22.1 Å². The van der Waals surface area contributed by atoms with Gasteiger partial charge in [-0.1, -0.05) is 36.4 Å². The van der Waals surface area contributed by atoms with Gasteiger partial charge >= 0.3 is 0 Å². The molecule has 0 fully saturated rings. The summed E-state index contributed by atoms with van der Waals surface area (Å²) in [4.78, 5) is 2.29. The average Bonchev–Trinajstić information content (AvgIpc) is 2.92. The monoisotopic (exact) mass is 344 g/mol. The molecule has 0 aliphatic carbocycles. The van der Waals surface area contributed by atoms with Crippen molar-refractivity contribution in [2.75, 3.05) is 24.6 Å². The van der Waals surface area contributed by atoms with E-state index in [2.05, 4.69) is 58.0 Å². The average molecular weight is 345 g/mol. The first kappa shape index (κ1) is 14.3. The molecule has 0 bridgehead atoms. The van der Waals surface area contributed by atoms with Crippen molar-refractivity contribution in [2.24, 2.45) is 0 Å². The zero-order chi connectivity index (χ0) is 13.5. The molecule has 4 heteroatoms. The number of fused-ring (bicyclic) bond motifs is 6. The summed E-state index contributed by atoms with van der Waals surface area (Å²) in [5, 5.41) is 13.2. The second-order valence-corrected chi connectivity index (χ2v) is 5.25. The van der Waals surface area contributed by atoms with E-state index in [1.54, 1.807) is 0 Å². The molecule has 2 aromatic carbocycles. The minimum absolute atomic E-state index is 0. The zero-order valence-corrected chi connectivity index (χ0v) is 13.3. The molecule has 1 aromatic heterocycles. The summed E-state index contributed by atoms with van der Waals surface area (Å²) >= 11 is 0. The van der Waals surface area contributed by atoms with Crippen LogP contribution in [0.2, 0.25) is 0 Å². The number of aliphatic hydroxyl groups excluding tert-OH is 1. The number of pyridine rings is 1. The predicted octanol–water partition coefficient (Wildman–Crippen LogP) is -0.903. The molecule has 1 aliphatic heterocycles. The van der Waals surface area contributed by atoms with Crippen LogP contribution < -0.4 is 26.4 Å². The molecular formula is C17H17BrN2O. The van der Waals surface area contributed by atoms with Gasteiger partial charge in [-0.2, -0.15) is 0 Å². The molecule has 108 valence electrons. The summed E-state index contributed by atoms with van der Waals surface area (Å²) in [5.41, 5.74) is 1.28. The van der Waals surface area contributed by atoms with Gasteiger partial charge in [0, 0.05) is 10.8 Å². The van der Waals surface area contributed by atoms with Crippen LogP contribution in [-0.4, -0.2) is 24.8 Å². The second-order valence-electron chi connectivity index (χ2n) is 5.25. The van der Waals surface area contributed by atoms with Gasteiger partial charge in [0.1, 0.15) is 25.2 Å². The largest absolute Gasteiger partial charge is 1.00 e. The molecule has 21 heavy (non-hydrogen) atoms. The lowest BCUT2D eigenvalue weighted by Crippen LogP contribution is -3.00.